The molecule has 0 spiro atoms. The lowest BCUT2D eigenvalue weighted by molar-refractivity contribution is 1.08. The van der Waals surface area contributed by atoms with E-state index in [0.29, 0.717) is 17.5 Å². The van der Waals surface area contributed by atoms with E-state index in [1.54, 1.807) is 0 Å². The third kappa shape index (κ3) is 5.16. The minimum absolute atomic E-state index is 0.634. The zero-order chi connectivity index (χ0) is 35.0. The largest absolute Gasteiger partial charge is 0.256 e. The third-order valence-electron chi connectivity index (χ3n) is 9.75. The molecule has 0 saturated carbocycles. The lowest BCUT2D eigenvalue weighted by Crippen LogP contribution is -2.02. The molecule has 0 N–H and O–H groups in total. The van der Waals surface area contributed by atoms with E-state index >= 15 is 0 Å². The summed E-state index contributed by atoms with van der Waals surface area (Å²) in [5, 5.41) is 11.7. The first-order valence-electron chi connectivity index (χ1n) is 17.8. The normalized spacial score (nSPS) is 11.3. The van der Waals surface area contributed by atoms with Crippen molar-refractivity contribution in [2.24, 2.45) is 0 Å². The molecule has 2 heterocycles. The highest BCUT2D eigenvalue weighted by molar-refractivity contribution is 6.26. The summed E-state index contributed by atoms with van der Waals surface area (Å²) in [6.45, 7) is 4.00. The predicted octanol–water partition coefficient (Wildman–Crippen LogP) is 12.7. The highest BCUT2D eigenvalue weighted by Gasteiger charge is 2.21. The van der Waals surface area contributed by atoms with Crippen molar-refractivity contribution >= 4 is 53.9 Å². The van der Waals surface area contributed by atoms with E-state index in [0.717, 1.165) is 49.5 Å². The monoisotopic (exact) mass is 666 g/mol. The van der Waals surface area contributed by atoms with Gasteiger partial charge in [0, 0.05) is 28.5 Å². The van der Waals surface area contributed by atoms with Gasteiger partial charge in [-0.25, -0.2) is 15.0 Å². The van der Waals surface area contributed by atoms with Crippen LogP contribution >= 0.6 is 0 Å². The molecule has 4 nitrogen and oxygen atoms in total. The lowest BCUT2D eigenvalue weighted by atomic mass is 9.89. The maximum absolute atomic E-state index is 5.31. The second-order valence-electron chi connectivity index (χ2n) is 12.6. The second kappa shape index (κ2) is 13.2. The van der Waals surface area contributed by atoms with Gasteiger partial charge in [-0.2, -0.15) is 0 Å². The van der Waals surface area contributed by atoms with Crippen molar-refractivity contribution in [1.29, 1.82) is 0 Å². The van der Waals surface area contributed by atoms with E-state index in [9.17, 15) is 0 Å². The predicted molar refractivity (Wildman–Crippen MR) is 218 cm³/mol. The van der Waals surface area contributed by atoms with Crippen LogP contribution in [0.15, 0.2) is 170 Å². The standard InChI is InChI=1S/C46H28N4.C2H6/c1-2-14-29(15-3-1)44-48-45(30-25-26-35-33-18-5-4-16-31(33)32-17-6-7-19-34(32)40(35)28-30)50-46(49-44)43-38-22-10-8-20-36(38)42(41-24-12-13-27-47-41)37-21-9-11-23-39(37)43;1-2/h1-28H;1-2H3. The summed E-state index contributed by atoms with van der Waals surface area (Å²) in [5.41, 5.74) is 4.90. The average Bonchev–Trinajstić information content (AvgIpc) is 3.24. The third-order valence-corrected chi connectivity index (χ3v) is 9.75. The van der Waals surface area contributed by atoms with Crippen LogP contribution in [0.4, 0.5) is 0 Å². The topological polar surface area (TPSA) is 51.6 Å². The molecule has 2 aromatic heterocycles. The molecule has 52 heavy (non-hydrogen) atoms. The molecule has 246 valence electrons. The van der Waals surface area contributed by atoms with Crippen LogP contribution in [-0.4, -0.2) is 19.9 Å². The molecule has 0 aliphatic heterocycles. The Bertz CT molecular complexity index is 2830. The van der Waals surface area contributed by atoms with Crippen molar-refractivity contribution in [1.82, 2.24) is 19.9 Å². The summed E-state index contributed by atoms with van der Waals surface area (Å²) in [7, 11) is 0. The number of aromatic nitrogens is 4. The van der Waals surface area contributed by atoms with E-state index in [4.69, 9.17) is 19.9 Å². The maximum Gasteiger partial charge on any atom is 0.165 e. The number of benzene rings is 8. The van der Waals surface area contributed by atoms with Crippen LogP contribution in [0.3, 0.4) is 0 Å². The molecule has 0 bridgehead atoms. The molecule has 0 fully saturated rings. The van der Waals surface area contributed by atoms with E-state index in [2.05, 4.69) is 133 Å². The molecule has 0 unspecified atom stereocenters. The molecule has 0 saturated heterocycles. The Morgan fingerprint density at radius 3 is 1.27 bits per heavy atom. The van der Waals surface area contributed by atoms with Crippen LogP contribution < -0.4 is 0 Å². The van der Waals surface area contributed by atoms with Gasteiger partial charge in [0.1, 0.15) is 0 Å². The minimum Gasteiger partial charge on any atom is -0.256 e. The van der Waals surface area contributed by atoms with E-state index in [-0.39, 0.29) is 0 Å². The van der Waals surface area contributed by atoms with E-state index in [1.165, 1.54) is 32.3 Å². The highest BCUT2D eigenvalue weighted by atomic mass is 15.0. The van der Waals surface area contributed by atoms with Gasteiger partial charge in [0.15, 0.2) is 17.5 Å². The Hall–Kier alpha value is -6.78. The minimum atomic E-state index is 0.634. The molecule has 0 atom stereocenters. The van der Waals surface area contributed by atoms with Gasteiger partial charge in [0.05, 0.1) is 5.69 Å². The van der Waals surface area contributed by atoms with Gasteiger partial charge in [-0.15, -0.1) is 0 Å². The summed E-state index contributed by atoms with van der Waals surface area (Å²) in [4.78, 5) is 20.5. The van der Waals surface area contributed by atoms with Crippen molar-refractivity contribution in [3.05, 3.63) is 170 Å². The Morgan fingerprint density at radius 2 is 0.731 bits per heavy atom. The van der Waals surface area contributed by atoms with Gasteiger partial charge in [-0.05, 0) is 72.1 Å². The number of nitrogens with zero attached hydrogens (tertiary/aromatic N) is 4. The van der Waals surface area contributed by atoms with Gasteiger partial charge in [-0.3, -0.25) is 4.98 Å². The fourth-order valence-electron chi connectivity index (χ4n) is 7.54. The Labute approximate surface area is 302 Å². The fourth-order valence-corrected chi connectivity index (χ4v) is 7.54. The number of hydrogen-bond acceptors (Lipinski definition) is 4. The number of rotatable bonds is 4. The molecule has 10 rings (SSSR count). The smallest absolute Gasteiger partial charge is 0.165 e. The first-order valence-corrected chi connectivity index (χ1v) is 17.8. The quantitative estimate of drug-likeness (QED) is 0.139. The first-order chi connectivity index (χ1) is 25.8. The Kier molecular flexibility index (Phi) is 7.90. The molecule has 4 heteroatoms. The van der Waals surface area contributed by atoms with Crippen molar-refractivity contribution in [3.63, 3.8) is 0 Å². The van der Waals surface area contributed by atoms with Crippen LogP contribution in [-0.2, 0) is 0 Å². The van der Waals surface area contributed by atoms with Gasteiger partial charge >= 0.3 is 0 Å². The van der Waals surface area contributed by atoms with Crippen molar-refractivity contribution < 1.29 is 0 Å². The molecule has 10 aromatic rings. The van der Waals surface area contributed by atoms with Gasteiger partial charge in [0.25, 0.3) is 0 Å². The summed E-state index contributed by atoms with van der Waals surface area (Å²) >= 11 is 0. The second-order valence-corrected chi connectivity index (χ2v) is 12.6. The van der Waals surface area contributed by atoms with Crippen LogP contribution in [0.2, 0.25) is 0 Å². The summed E-state index contributed by atoms with van der Waals surface area (Å²) < 4.78 is 0. The van der Waals surface area contributed by atoms with Crippen molar-refractivity contribution in [2.75, 3.05) is 0 Å². The molecular formula is C48H34N4. The van der Waals surface area contributed by atoms with Crippen molar-refractivity contribution in [3.8, 4) is 45.4 Å². The van der Waals surface area contributed by atoms with Gasteiger partial charge in [-0.1, -0.05) is 159 Å². The Morgan fingerprint density at radius 1 is 0.308 bits per heavy atom. The van der Waals surface area contributed by atoms with Crippen LogP contribution in [0.5, 0.6) is 0 Å². The molecule has 0 radical (unpaired) electrons. The molecular weight excluding hydrogens is 633 g/mol. The van der Waals surface area contributed by atoms with E-state index < -0.39 is 0 Å². The summed E-state index contributed by atoms with van der Waals surface area (Å²) in [6.07, 6.45) is 1.85. The van der Waals surface area contributed by atoms with Crippen LogP contribution in [0.1, 0.15) is 13.8 Å². The molecule has 0 aliphatic rings. The van der Waals surface area contributed by atoms with Crippen LogP contribution in [0, 0.1) is 0 Å². The van der Waals surface area contributed by atoms with Gasteiger partial charge < -0.3 is 0 Å². The average molecular weight is 667 g/mol. The highest BCUT2D eigenvalue weighted by Crippen LogP contribution is 2.43. The molecule has 0 amide bonds. The van der Waals surface area contributed by atoms with Crippen molar-refractivity contribution in [2.45, 2.75) is 13.8 Å². The number of pyridine rings is 1. The number of hydrogen-bond donors (Lipinski definition) is 0. The maximum atomic E-state index is 5.31. The SMILES string of the molecule is CC.c1ccc(-c2nc(-c3ccc4c5ccccc5c5ccccc5c4c3)nc(-c3c4ccccc4c(-c4ccccn4)c4ccccc34)n2)cc1. The molecule has 8 aromatic carbocycles. The van der Waals surface area contributed by atoms with Gasteiger partial charge in [0.2, 0.25) is 0 Å². The van der Waals surface area contributed by atoms with Crippen LogP contribution in [0.25, 0.3) is 99.3 Å². The zero-order valence-corrected chi connectivity index (χ0v) is 29.0. The van der Waals surface area contributed by atoms with E-state index in [1.807, 2.05) is 50.4 Å². The fraction of sp³-hybridized carbons (Fsp3) is 0.0417. The summed E-state index contributed by atoms with van der Waals surface area (Å²) in [6, 6.07) is 57.2. The first kappa shape index (κ1) is 31.2. The molecule has 0 aliphatic carbocycles. The lowest BCUT2D eigenvalue weighted by Gasteiger charge is -2.17. The number of fused-ring (bicyclic) bond motifs is 8. The zero-order valence-electron chi connectivity index (χ0n) is 29.0. The summed E-state index contributed by atoms with van der Waals surface area (Å²) in [5.74, 6) is 1.91. The Balaban J connectivity index is 0.00000177.